The molecule has 2 aliphatic carbocycles. The van der Waals surface area contributed by atoms with Crippen molar-refractivity contribution in [3.05, 3.63) is 185 Å². The van der Waals surface area contributed by atoms with Gasteiger partial charge in [-0.3, -0.25) is 0 Å². The summed E-state index contributed by atoms with van der Waals surface area (Å²) >= 11 is 0. The molecule has 4 heterocycles. The number of hydrogen-bond donors (Lipinski definition) is 0. The SMILES string of the molecule is Cc1ccc(N(c2cc3c(c4c2oc2ccccc24)-c2c(ccc4c2oc2ccccc24)C3(C)C)c2cc3c(c4c2oc2ccccc24)-c2c(ccc4c2oc2ccccc24)C3(C)C)c(C)c1. The molecular weight excluding hydrogens is 823 g/mol. The number of benzene rings is 9. The van der Waals surface area contributed by atoms with Crippen molar-refractivity contribution in [2.24, 2.45) is 0 Å². The van der Waals surface area contributed by atoms with Gasteiger partial charge < -0.3 is 22.6 Å². The van der Waals surface area contributed by atoms with Gasteiger partial charge in [0.2, 0.25) is 0 Å². The van der Waals surface area contributed by atoms with Crippen molar-refractivity contribution in [3.63, 3.8) is 0 Å². The van der Waals surface area contributed by atoms with Crippen molar-refractivity contribution >= 4 is 105 Å². The maximum absolute atomic E-state index is 7.27. The zero-order chi connectivity index (χ0) is 44.8. The van der Waals surface area contributed by atoms with Gasteiger partial charge in [-0.25, -0.2) is 0 Å². The zero-order valence-corrected chi connectivity index (χ0v) is 38.0. The first kappa shape index (κ1) is 37.2. The number of nitrogens with zero attached hydrogens (tertiary/aromatic N) is 1. The van der Waals surface area contributed by atoms with Crippen LogP contribution in [0.5, 0.6) is 0 Å². The third-order valence-electron chi connectivity index (χ3n) is 15.6. The summed E-state index contributed by atoms with van der Waals surface area (Å²) < 4.78 is 28.3. The second-order valence-corrected chi connectivity index (χ2v) is 20.0. The van der Waals surface area contributed by atoms with Gasteiger partial charge in [0.25, 0.3) is 0 Å². The molecule has 0 atom stereocenters. The average molecular weight is 866 g/mol. The van der Waals surface area contributed by atoms with Gasteiger partial charge >= 0.3 is 0 Å². The Balaban J connectivity index is 1.11. The topological polar surface area (TPSA) is 55.8 Å². The molecule has 0 spiro atoms. The molecule has 4 aromatic heterocycles. The van der Waals surface area contributed by atoms with E-state index in [-0.39, 0.29) is 10.8 Å². The van der Waals surface area contributed by atoms with Crippen LogP contribution in [0.2, 0.25) is 0 Å². The van der Waals surface area contributed by atoms with E-state index in [1.165, 1.54) is 38.9 Å². The lowest BCUT2D eigenvalue weighted by atomic mass is 9.81. The van der Waals surface area contributed by atoms with E-state index in [1.807, 2.05) is 0 Å². The van der Waals surface area contributed by atoms with Crippen molar-refractivity contribution in [1.29, 1.82) is 0 Å². The smallest absolute Gasteiger partial charge is 0.160 e. The summed E-state index contributed by atoms with van der Waals surface area (Å²) in [6, 6.07) is 54.5. The second-order valence-electron chi connectivity index (χ2n) is 20.0. The number of furan rings is 4. The Hall–Kier alpha value is -8.02. The number of rotatable bonds is 3. The van der Waals surface area contributed by atoms with Crippen molar-refractivity contribution in [1.82, 2.24) is 0 Å². The van der Waals surface area contributed by atoms with Crippen LogP contribution in [0.4, 0.5) is 17.1 Å². The minimum atomic E-state index is -0.388. The number of para-hydroxylation sites is 4. The van der Waals surface area contributed by atoms with Crippen LogP contribution in [0, 0.1) is 13.8 Å². The molecule has 9 aromatic carbocycles. The highest BCUT2D eigenvalue weighted by Gasteiger charge is 2.44. The fourth-order valence-corrected chi connectivity index (χ4v) is 12.5. The minimum absolute atomic E-state index is 0.388. The lowest BCUT2D eigenvalue weighted by Crippen LogP contribution is -2.19. The number of aryl methyl sites for hydroxylation is 2. The maximum atomic E-state index is 7.27. The van der Waals surface area contributed by atoms with Crippen LogP contribution in [-0.4, -0.2) is 0 Å². The van der Waals surface area contributed by atoms with Gasteiger partial charge in [-0.15, -0.1) is 0 Å². The van der Waals surface area contributed by atoms with Crippen LogP contribution < -0.4 is 4.90 Å². The third kappa shape index (κ3) is 4.59. The molecule has 320 valence electrons. The molecule has 0 bridgehead atoms. The van der Waals surface area contributed by atoms with Crippen LogP contribution in [0.3, 0.4) is 0 Å². The summed E-state index contributed by atoms with van der Waals surface area (Å²) in [6.07, 6.45) is 0. The Morgan fingerprint density at radius 3 is 1.19 bits per heavy atom. The maximum Gasteiger partial charge on any atom is 0.160 e. The Bertz CT molecular complexity index is 4120. The fraction of sp³-hybridized carbons (Fsp3) is 0.129. The van der Waals surface area contributed by atoms with Crippen LogP contribution in [-0.2, 0) is 10.8 Å². The van der Waals surface area contributed by atoms with Gasteiger partial charge in [0.05, 0.1) is 11.4 Å². The van der Waals surface area contributed by atoms with Crippen molar-refractivity contribution in [2.75, 3.05) is 4.90 Å². The number of anilines is 3. The first-order valence-corrected chi connectivity index (χ1v) is 23.3. The molecule has 0 N–H and O–H groups in total. The Kier molecular flexibility index (Phi) is 6.92. The van der Waals surface area contributed by atoms with Gasteiger partial charge in [-0.05, 0) is 84.1 Å². The predicted octanol–water partition coefficient (Wildman–Crippen LogP) is 18.0. The molecule has 0 aliphatic heterocycles. The molecule has 67 heavy (non-hydrogen) atoms. The van der Waals surface area contributed by atoms with E-state index >= 15 is 0 Å². The average Bonchev–Trinajstić information content (AvgIpc) is 4.17. The minimum Gasteiger partial charge on any atom is -0.455 e. The van der Waals surface area contributed by atoms with Gasteiger partial charge in [0, 0.05) is 81.9 Å². The normalized spacial score (nSPS) is 14.7. The summed E-state index contributed by atoms with van der Waals surface area (Å²) in [7, 11) is 0. The van der Waals surface area contributed by atoms with E-state index < -0.39 is 0 Å². The van der Waals surface area contributed by atoms with E-state index in [0.717, 1.165) is 122 Å². The molecule has 5 nitrogen and oxygen atoms in total. The molecule has 5 heteroatoms. The molecule has 2 aliphatic rings. The summed E-state index contributed by atoms with van der Waals surface area (Å²) in [6.45, 7) is 13.8. The van der Waals surface area contributed by atoms with E-state index in [9.17, 15) is 0 Å². The molecule has 0 saturated carbocycles. The van der Waals surface area contributed by atoms with Crippen LogP contribution in [0.25, 0.3) is 110 Å². The highest BCUT2D eigenvalue weighted by Crippen LogP contribution is 2.62. The Labute approximate surface area is 385 Å². The predicted molar refractivity (Wildman–Crippen MR) is 275 cm³/mol. The van der Waals surface area contributed by atoms with Crippen molar-refractivity contribution in [3.8, 4) is 22.3 Å². The summed E-state index contributed by atoms with van der Waals surface area (Å²) in [4.78, 5) is 2.44. The standard InChI is InChI=1S/C62H43NO4/c1-32-23-28-44(33(2)29-32)63(45-30-42-53(51-38-17-9-13-21-49(38)66-59(45)51)55-40(61(42,3)4)26-24-36-34-15-7-11-19-47(34)64-57(36)55)46-31-43-54(52-39-18-10-14-22-50(39)67-60(46)52)56-41(62(43,5)6)27-25-37-35-16-8-12-20-48(35)65-58(37)56/h7-31H,1-6H3. The first-order chi connectivity index (χ1) is 32.6. The van der Waals surface area contributed by atoms with Gasteiger partial charge in [0.1, 0.15) is 33.5 Å². The zero-order valence-electron chi connectivity index (χ0n) is 38.0. The highest BCUT2D eigenvalue weighted by atomic mass is 16.3. The van der Waals surface area contributed by atoms with Crippen molar-refractivity contribution in [2.45, 2.75) is 52.4 Å². The lowest BCUT2D eigenvalue weighted by molar-refractivity contribution is 0.650. The molecule has 0 fully saturated rings. The van der Waals surface area contributed by atoms with E-state index in [1.54, 1.807) is 0 Å². The Morgan fingerprint density at radius 1 is 0.343 bits per heavy atom. The molecule has 13 aromatic rings. The molecule has 0 saturated heterocycles. The highest BCUT2D eigenvalue weighted by molar-refractivity contribution is 6.26. The van der Waals surface area contributed by atoms with Crippen molar-refractivity contribution < 1.29 is 17.7 Å². The first-order valence-electron chi connectivity index (χ1n) is 23.3. The molecule has 15 rings (SSSR count). The second kappa shape index (κ2) is 12.4. The van der Waals surface area contributed by atoms with Gasteiger partial charge in [0.15, 0.2) is 11.2 Å². The van der Waals surface area contributed by atoms with E-state index in [4.69, 9.17) is 17.7 Å². The molecular formula is C62H43NO4. The largest absolute Gasteiger partial charge is 0.455 e. The lowest BCUT2D eigenvalue weighted by Gasteiger charge is -2.31. The molecule has 0 radical (unpaired) electrons. The molecule has 0 amide bonds. The van der Waals surface area contributed by atoms with Gasteiger partial charge in [-0.1, -0.05) is 142 Å². The summed E-state index contributed by atoms with van der Waals surface area (Å²) in [5.74, 6) is 0. The van der Waals surface area contributed by atoms with Gasteiger partial charge in [-0.2, -0.15) is 0 Å². The number of hydrogen-bond acceptors (Lipinski definition) is 5. The van der Waals surface area contributed by atoms with Crippen LogP contribution >= 0.6 is 0 Å². The van der Waals surface area contributed by atoms with Crippen LogP contribution in [0.1, 0.15) is 61.1 Å². The third-order valence-corrected chi connectivity index (χ3v) is 15.6. The summed E-state index contributed by atoms with van der Waals surface area (Å²) in [5, 5.41) is 8.79. The van der Waals surface area contributed by atoms with E-state index in [2.05, 4.69) is 198 Å². The Morgan fingerprint density at radius 2 is 0.746 bits per heavy atom. The summed E-state index contributed by atoms with van der Waals surface area (Å²) in [5.41, 5.74) is 21.0. The molecule has 0 unspecified atom stereocenters. The fourth-order valence-electron chi connectivity index (χ4n) is 12.5. The quantitative estimate of drug-likeness (QED) is 0.177. The van der Waals surface area contributed by atoms with E-state index in [0.29, 0.717) is 0 Å². The monoisotopic (exact) mass is 865 g/mol. The number of fused-ring (bicyclic) bond motifs is 22. The van der Waals surface area contributed by atoms with Crippen LogP contribution in [0.15, 0.2) is 169 Å².